The summed E-state index contributed by atoms with van der Waals surface area (Å²) in [4.78, 5) is 0. The second-order valence-corrected chi connectivity index (χ2v) is 5.67. The van der Waals surface area contributed by atoms with Crippen LogP contribution in [-0.4, -0.2) is 44.3 Å². The summed E-state index contributed by atoms with van der Waals surface area (Å²) >= 11 is 0. The van der Waals surface area contributed by atoms with Crippen LogP contribution in [0.5, 0.6) is 0 Å². The van der Waals surface area contributed by atoms with Gasteiger partial charge < -0.3 is 4.74 Å². The van der Waals surface area contributed by atoms with E-state index in [-0.39, 0.29) is 12.0 Å². The summed E-state index contributed by atoms with van der Waals surface area (Å²) in [6, 6.07) is 0. The first-order valence-corrected chi connectivity index (χ1v) is 5.78. The van der Waals surface area contributed by atoms with Crippen LogP contribution in [0.15, 0.2) is 0 Å². The van der Waals surface area contributed by atoms with Gasteiger partial charge in [0.1, 0.15) is 0 Å². The number of nitrogens with zero attached hydrogens (tertiary/aromatic N) is 1. The van der Waals surface area contributed by atoms with Crippen molar-refractivity contribution < 1.29 is 13.2 Å². The molecular weight excluding hydrogens is 178 g/mol. The topological polar surface area (TPSA) is 49.9 Å². The minimum Gasteiger partial charge on any atom is -0.372 e. The molecule has 0 aromatic rings. The highest BCUT2D eigenvalue weighted by Gasteiger charge is 2.37. The first-order chi connectivity index (χ1) is 5.58. The van der Waals surface area contributed by atoms with Crippen molar-refractivity contribution in [3.8, 4) is 0 Å². The summed E-state index contributed by atoms with van der Waals surface area (Å²) in [6.07, 6.45) is 0.171. The molecule has 2 heterocycles. The minimum atomic E-state index is -2.94. The third-order valence-electron chi connectivity index (χ3n) is 2.21. The molecule has 0 saturated carbocycles. The van der Waals surface area contributed by atoms with Crippen molar-refractivity contribution in [2.45, 2.75) is 13.0 Å². The first kappa shape index (κ1) is 8.47. The Labute approximate surface area is 72.6 Å². The van der Waals surface area contributed by atoms with Gasteiger partial charge in [0.25, 0.3) is 0 Å². The Morgan fingerprint density at radius 3 is 2.67 bits per heavy atom. The molecule has 0 bridgehead atoms. The summed E-state index contributed by atoms with van der Waals surface area (Å²) in [5.74, 6) is 0.577. The molecule has 5 heteroatoms. The predicted molar refractivity (Wildman–Crippen MR) is 44.3 cm³/mol. The molecule has 0 N–H and O–H groups in total. The second-order valence-electron chi connectivity index (χ2n) is 3.66. The Bertz CT molecular complexity index is 270. The van der Waals surface area contributed by atoms with Crippen LogP contribution in [0.4, 0.5) is 0 Å². The quantitative estimate of drug-likeness (QED) is 0.561. The summed E-state index contributed by atoms with van der Waals surface area (Å²) in [5, 5.41) is 0. The molecule has 12 heavy (non-hydrogen) atoms. The van der Waals surface area contributed by atoms with Gasteiger partial charge in [0.2, 0.25) is 10.0 Å². The molecule has 2 atom stereocenters. The van der Waals surface area contributed by atoms with Gasteiger partial charge in [-0.15, -0.1) is 0 Å². The zero-order valence-corrected chi connectivity index (χ0v) is 7.88. The van der Waals surface area contributed by atoms with Crippen LogP contribution in [0, 0.1) is 5.92 Å². The number of hydrogen-bond donors (Lipinski definition) is 0. The van der Waals surface area contributed by atoms with E-state index in [1.807, 2.05) is 6.92 Å². The Morgan fingerprint density at radius 1 is 1.58 bits per heavy atom. The van der Waals surface area contributed by atoms with Crippen LogP contribution in [0.2, 0.25) is 0 Å². The van der Waals surface area contributed by atoms with E-state index in [0.29, 0.717) is 18.8 Å². The molecule has 2 fully saturated rings. The van der Waals surface area contributed by atoms with E-state index in [2.05, 4.69) is 0 Å². The van der Waals surface area contributed by atoms with Crippen molar-refractivity contribution in [2.75, 3.05) is 25.4 Å². The highest BCUT2D eigenvalue weighted by Crippen LogP contribution is 2.22. The highest BCUT2D eigenvalue weighted by molar-refractivity contribution is 7.89. The second kappa shape index (κ2) is 2.68. The maximum atomic E-state index is 11.4. The van der Waals surface area contributed by atoms with Crippen LogP contribution < -0.4 is 0 Å². The van der Waals surface area contributed by atoms with Crippen LogP contribution in [-0.2, 0) is 14.8 Å². The fourth-order valence-electron chi connectivity index (χ4n) is 1.57. The fourth-order valence-corrected chi connectivity index (χ4v) is 3.48. The van der Waals surface area contributed by atoms with Gasteiger partial charge in [-0.3, -0.25) is 0 Å². The largest absolute Gasteiger partial charge is 0.372 e. The van der Waals surface area contributed by atoms with E-state index < -0.39 is 10.0 Å². The number of epoxide rings is 1. The molecule has 0 aliphatic carbocycles. The molecule has 0 aromatic carbocycles. The van der Waals surface area contributed by atoms with Crippen molar-refractivity contribution in [3.63, 3.8) is 0 Å². The molecule has 2 rings (SSSR count). The number of sulfonamides is 1. The zero-order chi connectivity index (χ0) is 8.77. The average molecular weight is 191 g/mol. The molecule has 0 spiro atoms. The Kier molecular flexibility index (Phi) is 1.89. The lowest BCUT2D eigenvalue weighted by molar-refractivity contribution is 0.336. The lowest BCUT2D eigenvalue weighted by Crippen LogP contribution is -2.29. The van der Waals surface area contributed by atoms with Gasteiger partial charge in [-0.05, 0) is 5.92 Å². The molecule has 0 amide bonds. The molecule has 0 radical (unpaired) electrons. The summed E-state index contributed by atoms with van der Waals surface area (Å²) in [7, 11) is -2.94. The molecule has 2 aliphatic rings. The lowest BCUT2D eigenvalue weighted by atomic mass is 10.2. The van der Waals surface area contributed by atoms with Gasteiger partial charge >= 0.3 is 0 Å². The molecule has 70 valence electrons. The van der Waals surface area contributed by atoms with Crippen LogP contribution >= 0.6 is 0 Å². The number of hydrogen-bond acceptors (Lipinski definition) is 3. The number of ether oxygens (including phenoxy) is 1. The van der Waals surface area contributed by atoms with E-state index in [0.717, 1.165) is 6.61 Å². The maximum Gasteiger partial charge on any atom is 0.214 e. The normalized spacial score (nSPS) is 40.1. The fraction of sp³-hybridized carbons (Fsp3) is 1.00. The maximum absolute atomic E-state index is 11.4. The van der Waals surface area contributed by atoms with E-state index >= 15 is 0 Å². The molecule has 1 unspecified atom stereocenters. The lowest BCUT2D eigenvalue weighted by Gasteiger charge is -2.11. The van der Waals surface area contributed by atoms with Crippen LogP contribution in [0.1, 0.15) is 6.92 Å². The van der Waals surface area contributed by atoms with Gasteiger partial charge in [0.15, 0.2) is 0 Å². The van der Waals surface area contributed by atoms with Crippen LogP contribution in [0.3, 0.4) is 0 Å². The highest BCUT2D eigenvalue weighted by atomic mass is 32.2. The monoisotopic (exact) mass is 191 g/mol. The molecule has 0 aromatic heterocycles. The Morgan fingerprint density at radius 2 is 2.25 bits per heavy atom. The predicted octanol–water partition coefficient (Wildman–Crippen LogP) is -0.333. The van der Waals surface area contributed by atoms with E-state index in [9.17, 15) is 8.42 Å². The average Bonchev–Trinajstić information content (AvgIpc) is 2.63. The zero-order valence-electron chi connectivity index (χ0n) is 7.06. The molecule has 4 nitrogen and oxygen atoms in total. The summed E-state index contributed by atoms with van der Waals surface area (Å²) in [5.41, 5.74) is 0. The van der Waals surface area contributed by atoms with E-state index in [1.165, 1.54) is 0 Å². The standard InChI is InChI=1S/C7H13NO3S/c1-6-2-8(3-7-4-11-7)12(9,10)5-6/h6-7H,2-5H2,1H3/t6?,7-/m0/s1. The van der Waals surface area contributed by atoms with Gasteiger partial charge in [-0.1, -0.05) is 6.92 Å². The van der Waals surface area contributed by atoms with Gasteiger partial charge in [0, 0.05) is 13.1 Å². The SMILES string of the molecule is CC1CN(C[C@H]2CO2)S(=O)(=O)C1. The molecule has 2 saturated heterocycles. The van der Waals surface area contributed by atoms with Crippen molar-refractivity contribution in [3.05, 3.63) is 0 Å². The van der Waals surface area contributed by atoms with Crippen molar-refractivity contribution in [1.82, 2.24) is 4.31 Å². The van der Waals surface area contributed by atoms with Crippen molar-refractivity contribution >= 4 is 10.0 Å². The van der Waals surface area contributed by atoms with Crippen molar-refractivity contribution in [1.29, 1.82) is 0 Å². The number of rotatable bonds is 2. The summed E-state index contributed by atoms with van der Waals surface area (Å²) in [6.45, 7) is 3.92. The first-order valence-electron chi connectivity index (χ1n) is 4.17. The Balaban J connectivity index is 2.03. The minimum absolute atomic E-state index is 0.171. The molecular formula is C7H13NO3S. The van der Waals surface area contributed by atoms with E-state index in [1.54, 1.807) is 4.31 Å². The third kappa shape index (κ3) is 1.62. The smallest absolute Gasteiger partial charge is 0.214 e. The van der Waals surface area contributed by atoms with E-state index in [4.69, 9.17) is 4.74 Å². The summed E-state index contributed by atoms with van der Waals surface area (Å²) < 4.78 is 29.4. The van der Waals surface area contributed by atoms with Gasteiger partial charge in [-0.2, -0.15) is 4.31 Å². The van der Waals surface area contributed by atoms with Gasteiger partial charge in [0.05, 0.1) is 18.5 Å². The Hall–Kier alpha value is -0.130. The van der Waals surface area contributed by atoms with Gasteiger partial charge in [-0.25, -0.2) is 8.42 Å². The van der Waals surface area contributed by atoms with Crippen LogP contribution in [0.25, 0.3) is 0 Å². The van der Waals surface area contributed by atoms with Crippen molar-refractivity contribution in [2.24, 2.45) is 5.92 Å². The molecule has 2 aliphatic heterocycles. The third-order valence-corrected chi connectivity index (χ3v) is 4.29.